The molecule has 4 heteroatoms. The molecule has 94 valence electrons. The fourth-order valence-corrected chi connectivity index (χ4v) is 2.65. The van der Waals surface area contributed by atoms with Gasteiger partial charge in [-0.1, -0.05) is 29.3 Å². The van der Waals surface area contributed by atoms with Gasteiger partial charge in [0, 0.05) is 26.8 Å². The Bertz CT molecular complexity index is 570. The number of hydrogen-bond acceptors (Lipinski definition) is 1. The Morgan fingerprint density at radius 2 is 1.89 bits per heavy atom. The molecule has 2 aromatic carbocycles. The van der Waals surface area contributed by atoms with Crippen molar-refractivity contribution in [1.82, 2.24) is 0 Å². The summed E-state index contributed by atoms with van der Waals surface area (Å²) in [4.78, 5) is 0. The molecule has 0 fully saturated rings. The SMILES string of the molecule is Cc1ccc(NCc2cc(Cl)ccc2Cl)c(Br)c1. The highest BCUT2D eigenvalue weighted by Crippen LogP contribution is 2.26. The summed E-state index contributed by atoms with van der Waals surface area (Å²) >= 11 is 15.6. The maximum absolute atomic E-state index is 6.12. The Hall–Kier alpha value is -0.700. The molecular formula is C14H12BrCl2N. The Kier molecular flexibility index (Phi) is 4.55. The molecular weight excluding hydrogens is 333 g/mol. The minimum absolute atomic E-state index is 0.640. The largest absolute Gasteiger partial charge is 0.380 e. The molecule has 0 saturated carbocycles. The fourth-order valence-electron chi connectivity index (χ4n) is 1.63. The number of rotatable bonds is 3. The first-order chi connectivity index (χ1) is 8.56. The Balaban J connectivity index is 2.13. The first-order valence-corrected chi connectivity index (χ1v) is 7.05. The van der Waals surface area contributed by atoms with Crippen LogP contribution >= 0.6 is 39.1 Å². The van der Waals surface area contributed by atoms with Crippen LogP contribution < -0.4 is 5.32 Å². The lowest BCUT2D eigenvalue weighted by Gasteiger charge is -2.10. The summed E-state index contributed by atoms with van der Waals surface area (Å²) in [6.07, 6.45) is 0. The molecule has 0 heterocycles. The van der Waals surface area contributed by atoms with E-state index in [1.807, 2.05) is 18.2 Å². The van der Waals surface area contributed by atoms with Crippen LogP contribution in [0.15, 0.2) is 40.9 Å². The van der Waals surface area contributed by atoms with Crippen LogP contribution in [0.25, 0.3) is 0 Å². The molecule has 0 aliphatic rings. The normalized spacial score (nSPS) is 10.4. The second-order valence-electron chi connectivity index (χ2n) is 4.07. The van der Waals surface area contributed by atoms with Crippen molar-refractivity contribution in [2.45, 2.75) is 13.5 Å². The summed E-state index contributed by atoms with van der Waals surface area (Å²) in [6, 6.07) is 11.6. The number of benzene rings is 2. The molecule has 0 aliphatic carbocycles. The lowest BCUT2D eigenvalue weighted by molar-refractivity contribution is 1.14. The lowest BCUT2D eigenvalue weighted by atomic mass is 10.2. The number of halogens is 3. The third-order valence-electron chi connectivity index (χ3n) is 2.60. The molecule has 0 radical (unpaired) electrons. The van der Waals surface area contributed by atoms with E-state index in [9.17, 15) is 0 Å². The van der Waals surface area contributed by atoms with Crippen molar-refractivity contribution in [3.05, 3.63) is 62.0 Å². The van der Waals surface area contributed by atoms with Crippen molar-refractivity contribution in [2.24, 2.45) is 0 Å². The lowest BCUT2D eigenvalue weighted by Crippen LogP contribution is -2.00. The average Bonchev–Trinajstić information content (AvgIpc) is 2.32. The first-order valence-electron chi connectivity index (χ1n) is 5.50. The summed E-state index contributed by atoms with van der Waals surface area (Å²) in [5, 5.41) is 4.75. The van der Waals surface area contributed by atoms with Gasteiger partial charge < -0.3 is 5.32 Å². The molecule has 0 aliphatic heterocycles. The molecule has 2 rings (SSSR count). The third kappa shape index (κ3) is 3.41. The Morgan fingerprint density at radius 3 is 2.61 bits per heavy atom. The van der Waals surface area contributed by atoms with Gasteiger partial charge in [-0.2, -0.15) is 0 Å². The zero-order valence-corrected chi connectivity index (χ0v) is 12.9. The van der Waals surface area contributed by atoms with Crippen molar-refractivity contribution in [3.8, 4) is 0 Å². The molecule has 0 amide bonds. The Labute approximate surface area is 125 Å². The molecule has 1 N–H and O–H groups in total. The molecule has 0 saturated heterocycles. The van der Waals surface area contributed by atoms with E-state index in [1.165, 1.54) is 5.56 Å². The average molecular weight is 345 g/mol. The smallest absolute Gasteiger partial charge is 0.0487 e. The monoisotopic (exact) mass is 343 g/mol. The van der Waals surface area contributed by atoms with Crippen molar-refractivity contribution >= 4 is 44.8 Å². The molecule has 1 nitrogen and oxygen atoms in total. The van der Waals surface area contributed by atoms with Gasteiger partial charge in [0.2, 0.25) is 0 Å². The highest BCUT2D eigenvalue weighted by Gasteiger charge is 2.03. The zero-order chi connectivity index (χ0) is 13.1. The molecule has 0 bridgehead atoms. The standard InChI is InChI=1S/C14H12BrCl2N/c1-9-2-5-14(12(15)6-9)18-8-10-7-11(16)3-4-13(10)17/h2-7,18H,8H2,1H3. The highest BCUT2D eigenvalue weighted by molar-refractivity contribution is 9.10. The maximum atomic E-state index is 6.12. The van der Waals surface area contributed by atoms with Crippen molar-refractivity contribution < 1.29 is 0 Å². The molecule has 0 atom stereocenters. The number of anilines is 1. The van der Waals surface area contributed by atoms with E-state index < -0.39 is 0 Å². The van der Waals surface area contributed by atoms with Crippen LogP contribution in [0.2, 0.25) is 10.0 Å². The van der Waals surface area contributed by atoms with Gasteiger partial charge in [0.25, 0.3) is 0 Å². The summed E-state index contributed by atoms with van der Waals surface area (Å²) in [5.74, 6) is 0. The van der Waals surface area contributed by atoms with E-state index >= 15 is 0 Å². The van der Waals surface area contributed by atoms with E-state index in [4.69, 9.17) is 23.2 Å². The molecule has 0 spiro atoms. The van der Waals surface area contributed by atoms with Gasteiger partial charge in [0.15, 0.2) is 0 Å². The van der Waals surface area contributed by atoms with Gasteiger partial charge in [-0.25, -0.2) is 0 Å². The van der Waals surface area contributed by atoms with Crippen LogP contribution in [0.5, 0.6) is 0 Å². The van der Waals surface area contributed by atoms with E-state index in [-0.39, 0.29) is 0 Å². The van der Waals surface area contributed by atoms with Crippen molar-refractivity contribution in [3.63, 3.8) is 0 Å². The van der Waals surface area contributed by atoms with E-state index in [0.717, 1.165) is 20.7 Å². The van der Waals surface area contributed by atoms with Gasteiger partial charge in [-0.05, 0) is 64.3 Å². The summed E-state index contributed by atoms with van der Waals surface area (Å²) in [5.41, 5.74) is 3.24. The topological polar surface area (TPSA) is 12.0 Å². The third-order valence-corrected chi connectivity index (χ3v) is 3.86. The van der Waals surface area contributed by atoms with Crippen LogP contribution in [0.4, 0.5) is 5.69 Å². The summed E-state index contributed by atoms with van der Waals surface area (Å²) in [6.45, 7) is 2.70. The minimum Gasteiger partial charge on any atom is -0.380 e. The van der Waals surface area contributed by atoms with Gasteiger partial charge in [-0.3, -0.25) is 0 Å². The van der Waals surface area contributed by atoms with E-state index in [1.54, 1.807) is 6.07 Å². The summed E-state index contributed by atoms with van der Waals surface area (Å²) in [7, 11) is 0. The summed E-state index contributed by atoms with van der Waals surface area (Å²) < 4.78 is 1.04. The van der Waals surface area contributed by atoms with E-state index in [0.29, 0.717) is 11.6 Å². The molecule has 0 aromatic heterocycles. The molecule has 0 unspecified atom stereocenters. The zero-order valence-electron chi connectivity index (χ0n) is 9.81. The molecule has 2 aromatic rings. The van der Waals surface area contributed by atoms with Gasteiger partial charge in [0.05, 0.1) is 0 Å². The fraction of sp³-hybridized carbons (Fsp3) is 0.143. The van der Waals surface area contributed by atoms with Crippen LogP contribution in [-0.4, -0.2) is 0 Å². The quantitative estimate of drug-likeness (QED) is 0.755. The van der Waals surface area contributed by atoms with Crippen LogP contribution in [0.3, 0.4) is 0 Å². The van der Waals surface area contributed by atoms with Gasteiger partial charge in [-0.15, -0.1) is 0 Å². The second-order valence-corrected chi connectivity index (χ2v) is 5.77. The van der Waals surface area contributed by atoms with Crippen molar-refractivity contribution in [2.75, 3.05) is 5.32 Å². The van der Waals surface area contributed by atoms with Crippen LogP contribution in [0, 0.1) is 6.92 Å². The van der Waals surface area contributed by atoms with Crippen LogP contribution in [0.1, 0.15) is 11.1 Å². The van der Waals surface area contributed by atoms with Gasteiger partial charge in [0.1, 0.15) is 0 Å². The van der Waals surface area contributed by atoms with Crippen LogP contribution in [-0.2, 0) is 6.54 Å². The second kappa shape index (κ2) is 5.96. The predicted octanol–water partition coefficient (Wildman–Crippen LogP) is 5.68. The maximum Gasteiger partial charge on any atom is 0.0487 e. The number of hydrogen-bond donors (Lipinski definition) is 1. The Morgan fingerprint density at radius 1 is 1.11 bits per heavy atom. The number of nitrogens with one attached hydrogen (secondary N) is 1. The number of aryl methyl sites for hydroxylation is 1. The van der Waals surface area contributed by atoms with Crippen molar-refractivity contribution in [1.29, 1.82) is 0 Å². The van der Waals surface area contributed by atoms with Gasteiger partial charge >= 0.3 is 0 Å². The molecule has 18 heavy (non-hydrogen) atoms. The predicted molar refractivity (Wildman–Crippen MR) is 82.7 cm³/mol. The van der Waals surface area contributed by atoms with E-state index in [2.05, 4.69) is 40.3 Å². The minimum atomic E-state index is 0.640. The highest BCUT2D eigenvalue weighted by atomic mass is 79.9. The first kappa shape index (κ1) is 13.7.